The first-order chi connectivity index (χ1) is 9.58. The average Bonchev–Trinajstić information content (AvgIpc) is 2.44. The van der Waals surface area contributed by atoms with Crippen molar-refractivity contribution in [3.8, 4) is 6.07 Å². The fourth-order valence-electron chi connectivity index (χ4n) is 1.67. The molecular formula is C15H19N3O2. The number of carbonyl (C=O) groups excluding carboxylic acids is 2. The minimum absolute atomic E-state index is 0.0272. The van der Waals surface area contributed by atoms with Gasteiger partial charge >= 0.3 is 0 Å². The molecule has 2 N–H and O–H groups in total. The Labute approximate surface area is 119 Å². The van der Waals surface area contributed by atoms with E-state index >= 15 is 0 Å². The number of hydrogen-bond donors (Lipinski definition) is 2. The van der Waals surface area contributed by atoms with E-state index < -0.39 is 0 Å². The first-order valence-corrected chi connectivity index (χ1v) is 6.64. The van der Waals surface area contributed by atoms with E-state index in [2.05, 4.69) is 16.7 Å². The van der Waals surface area contributed by atoms with Crippen LogP contribution in [0.5, 0.6) is 0 Å². The van der Waals surface area contributed by atoms with E-state index in [0.717, 1.165) is 6.42 Å². The fraction of sp³-hybridized carbons (Fsp3) is 0.400. The van der Waals surface area contributed by atoms with Crippen molar-refractivity contribution in [3.63, 3.8) is 0 Å². The molecule has 0 aliphatic carbocycles. The predicted molar refractivity (Wildman–Crippen MR) is 77.6 cm³/mol. The van der Waals surface area contributed by atoms with Gasteiger partial charge in [-0.15, -0.1) is 0 Å². The highest BCUT2D eigenvalue weighted by atomic mass is 16.1. The van der Waals surface area contributed by atoms with Crippen LogP contribution in [0.3, 0.4) is 0 Å². The zero-order chi connectivity index (χ0) is 15.0. The molecule has 1 rings (SSSR count). The summed E-state index contributed by atoms with van der Waals surface area (Å²) in [4.78, 5) is 22.8. The molecule has 1 amide bonds. The van der Waals surface area contributed by atoms with Gasteiger partial charge in [-0.2, -0.15) is 5.26 Å². The molecule has 0 fully saturated rings. The molecule has 0 saturated heterocycles. The predicted octanol–water partition coefficient (Wildman–Crippen LogP) is 2.09. The van der Waals surface area contributed by atoms with E-state index in [-0.39, 0.29) is 11.7 Å². The van der Waals surface area contributed by atoms with Gasteiger partial charge in [0.25, 0.3) is 0 Å². The third-order valence-corrected chi connectivity index (χ3v) is 2.79. The van der Waals surface area contributed by atoms with Crippen LogP contribution in [0.2, 0.25) is 0 Å². The Bertz CT molecular complexity index is 532. The lowest BCUT2D eigenvalue weighted by Gasteiger charge is -2.09. The summed E-state index contributed by atoms with van der Waals surface area (Å²) in [7, 11) is 0. The summed E-state index contributed by atoms with van der Waals surface area (Å²) in [5, 5.41) is 14.8. The Kier molecular flexibility index (Phi) is 6.24. The molecule has 0 radical (unpaired) electrons. The minimum atomic E-state index is -0.0572. The highest BCUT2D eigenvalue weighted by Gasteiger charge is 2.07. The molecular weight excluding hydrogens is 254 g/mol. The second kappa shape index (κ2) is 7.95. The molecule has 5 heteroatoms. The van der Waals surface area contributed by atoms with E-state index in [4.69, 9.17) is 5.26 Å². The Morgan fingerprint density at radius 1 is 1.30 bits per heavy atom. The molecule has 106 valence electrons. The van der Waals surface area contributed by atoms with Crippen LogP contribution in [0.1, 0.15) is 42.6 Å². The molecule has 0 atom stereocenters. The standard InChI is InChI=1S/C15H19N3O2/c1-3-7-18-15(20)6-8-17-14-9-12(11(2)19)4-5-13(14)10-16/h4-5,9,17H,3,6-8H2,1-2H3,(H,18,20). The van der Waals surface area contributed by atoms with Gasteiger partial charge < -0.3 is 10.6 Å². The molecule has 1 aromatic carbocycles. The van der Waals surface area contributed by atoms with Gasteiger partial charge in [0.2, 0.25) is 5.91 Å². The van der Waals surface area contributed by atoms with Crippen LogP contribution in [0.4, 0.5) is 5.69 Å². The van der Waals surface area contributed by atoms with Gasteiger partial charge in [0.05, 0.1) is 11.3 Å². The number of hydrogen-bond acceptors (Lipinski definition) is 4. The zero-order valence-corrected chi connectivity index (χ0v) is 11.8. The van der Waals surface area contributed by atoms with Crippen molar-refractivity contribution in [1.82, 2.24) is 5.32 Å². The topological polar surface area (TPSA) is 82.0 Å². The van der Waals surface area contributed by atoms with Gasteiger partial charge in [0.1, 0.15) is 6.07 Å². The number of Topliss-reactive ketones (excluding diaryl/α,β-unsaturated/α-hetero) is 1. The monoisotopic (exact) mass is 273 g/mol. The second-order valence-electron chi connectivity index (χ2n) is 4.46. The molecule has 0 heterocycles. The molecule has 0 spiro atoms. The van der Waals surface area contributed by atoms with E-state index in [1.165, 1.54) is 6.92 Å². The first-order valence-electron chi connectivity index (χ1n) is 6.64. The molecule has 0 bridgehead atoms. The van der Waals surface area contributed by atoms with Gasteiger partial charge in [-0.1, -0.05) is 6.92 Å². The number of rotatable bonds is 7. The van der Waals surface area contributed by atoms with Gasteiger partial charge in [-0.25, -0.2) is 0 Å². The van der Waals surface area contributed by atoms with Crippen LogP contribution < -0.4 is 10.6 Å². The molecule has 5 nitrogen and oxygen atoms in total. The highest BCUT2D eigenvalue weighted by molar-refractivity contribution is 5.95. The van der Waals surface area contributed by atoms with Crippen molar-refractivity contribution in [2.45, 2.75) is 26.7 Å². The molecule has 20 heavy (non-hydrogen) atoms. The summed E-state index contributed by atoms with van der Waals surface area (Å²) < 4.78 is 0. The van der Waals surface area contributed by atoms with E-state index in [1.807, 2.05) is 6.92 Å². The number of benzene rings is 1. The summed E-state index contributed by atoms with van der Waals surface area (Å²) in [5.74, 6) is -0.0844. The van der Waals surface area contributed by atoms with Crippen molar-refractivity contribution in [1.29, 1.82) is 5.26 Å². The Hall–Kier alpha value is -2.35. The number of ketones is 1. The van der Waals surface area contributed by atoms with Crippen molar-refractivity contribution >= 4 is 17.4 Å². The molecule has 0 unspecified atom stereocenters. The summed E-state index contributed by atoms with van der Waals surface area (Å²) in [6, 6.07) is 6.94. The maximum atomic E-state index is 11.5. The van der Waals surface area contributed by atoms with Crippen molar-refractivity contribution < 1.29 is 9.59 Å². The highest BCUT2D eigenvalue weighted by Crippen LogP contribution is 2.17. The maximum Gasteiger partial charge on any atom is 0.221 e. The molecule has 0 aliphatic heterocycles. The molecule has 0 saturated carbocycles. The van der Waals surface area contributed by atoms with Gasteiger partial charge in [0.15, 0.2) is 5.78 Å². The number of amides is 1. The first kappa shape index (κ1) is 15.7. The fourth-order valence-corrected chi connectivity index (χ4v) is 1.67. The van der Waals surface area contributed by atoms with Crippen LogP contribution >= 0.6 is 0 Å². The molecule has 0 aliphatic rings. The Morgan fingerprint density at radius 2 is 2.05 bits per heavy atom. The summed E-state index contributed by atoms with van der Waals surface area (Å²) in [5.41, 5.74) is 1.59. The smallest absolute Gasteiger partial charge is 0.221 e. The van der Waals surface area contributed by atoms with E-state index in [0.29, 0.717) is 36.3 Å². The third kappa shape index (κ3) is 4.73. The SMILES string of the molecule is CCCNC(=O)CCNc1cc(C(C)=O)ccc1C#N. The van der Waals surface area contributed by atoms with Crippen LogP contribution in [0.25, 0.3) is 0 Å². The average molecular weight is 273 g/mol. The van der Waals surface area contributed by atoms with Crippen LogP contribution in [-0.2, 0) is 4.79 Å². The van der Waals surface area contributed by atoms with Crippen LogP contribution in [0, 0.1) is 11.3 Å². The van der Waals surface area contributed by atoms with Gasteiger partial charge in [-0.05, 0) is 31.5 Å². The Morgan fingerprint density at radius 3 is 2.65 bits per heavy atom. The van der Waals surface area contributed by atoms with Gasteiger partial charge in [0, 0.05) is 25.1 Å². The second-order valence-corrected chi connectivity index (χ2v) is 4.46. The van der Waals surface area contributed by atoms with E-state index in [1.54, 1.807) is 18.2 Å². The van der Waals surface area contributed by atoms with Crippen molar-refractivity contribution in [3.05, 3.63) is 29.3 Å². The maximum absolute atomic E-state index is 11.5. The lowest BCUT2D eigenvalue weighted by Crippen LogP contribution is -2.26. The summed E-state index contributed by atoms with van der Waals surface area (Å²) in [6.07, 6.45) is 1.23. The van der Waals surface area contributed by atoms with Crippen molar-refractivity contribution in [2.24, 2.45) is 0 Å². The number of nitriles is 1. The summed E-state index contributed by atoms with van der Waals surface area (Å²) in [6.45, 7) is 4.56. The third-order valence-electron chi connectivity index (χ3n) is 2.79. The number of anilines is 1. The Balaban J connectivity index is 2.62. The normalized spacial score (nSPS) is 9.65. The summed E-state index contributed by atoms with van der Waals surface area (Å²) >= 11 is 0. The minimum Gasteiger partial charge on any atom is -0.383 e. The lowest BCUT2D eigenvalue weighted by molar-refractivity contribution is -0.120. The molecule has 0 aromatic heterocycles. The molecule has 1 aromatic rings. The van der Waals surface area contributed by atoms with E-state index in [9.17, 15) is 9.59 Å². The number of nitrogens with zero attached hydrogens (tertiary/aromatic N) is 1. The number of carbonyl (C=O) groups is 2. The van der Waals surface area contributed by atoms with Gasteiger partial charge in [-0.3, -0.25) is 9.59 Å². The lowest BCUT2D eigenvalue weighted by atomic mass is 10.1. The number of nitrogens with one attached hydrogen (secondary N) is 2. The van der Waals surface area contributed by atoms with Crippen LogP contribution in [0.15, 0.2) is 18.2 Å². The zero-order valence-electron chi connectivity index (χ0n) is 11.8. The largest absolute Gasteiger partial charge is 0.383 e. The van der Waals surface area contributed by atoms with Crippen LogP contribution in [-0.4, -0.2) is 24.8 Å². The quantitative estimate of drug-likeness (QED) is 0.745. The van der Waals surface area contributed by atoms with Crippen molar-refractivity contribution in [2.75, 3.05) is 18.4 Å².